The van der Waals surface area contributed by atoms with E-state index in [0.29, 0.717) is 25.8 Å². The van der Waals surface area contributed by atoms with Crippen molar-refractivity contribution in [3.05, 3.63) is 82.2 Å². The summed E-state index contributed by atoms with van der Waals surface area (Å²) in [5.74, 6) is -1.81. The monoisotopic (exact) mass is 808 g/mol. The highest BCUT2D eigenvalue weighted by Crippen LogP contribution is 2.71. The van der Waals surface area contributed by atoms with Gasteiger partial charge in [0.25, 0.3) is 0 Å². The number of nitrogens with zero attached hydrogens (tertiary/aromatic N) is 3. The van der Waals surface area contributed by atoms with E-state index in [1.54, 1.807) is 7.11 Å². The van der Waals surface area contributed by atoms with Gasteiger partial charge >= 0.3 is 17.9 Å². The van der Waals surface area contributed by atoms with E-state index in [0.717, 1.165) is 71.6 Å². The van der Waals surface area contributed by atoms with E-state index in [1.807, 2.05) is 7.05 Å². The third-order valence-corrected chi connectivity index (χ3v) is 15.7. The highest BCUT2D eigenvalue weighted by molar-refractivity contribution is 5.92. The summed E-state index contributed by atoms with van der Waals surface area (Å²) in [4.78, 5) is 54.3. The zero-order chi connectivity index (χ0) is 41.8. The number of hydrogen-bond acceptors (Lipinski definition) is 11. The fraction of sp³-hybridized carbons (Fsp3) is 0.596. The van der Waals surface area contributed by atoms with E-state index in [4.69, 9.17) is 23.7 Å². The number of allylic oxidation sites excluding steroid dienone is 1. The van der Waals surface area contributed by atoms with Gasteiger partial charge in [0, 0.05) is 99.5 Å². The van der Waals surface area contributed by atoms with Crippen LogP contribution in [0.5, 0.6) is 0 Å². The quantitative estimate of drug-likeness (QED) is 0.211. The second kappa shape index (κ2) is 14.2. The predicted molar refractivity (Wildman–Crippen MR) is 222 cm³/mol. The van der Waals surface area contributed by atoms with Crippen molar-refractivity contribution in [2.45, 2.75) is 95.2 Å². The maximum absolute atomic E-state index is 15.3. The Hall–Kier alpha value is -4.23. The number of ether oxygens (including phenoxy) is 5. The molecule has 59 heavy (non-hydrogen) atoms. The van der Waals surface area contributed by atoms with Crippen molar-refractivity contribution in [3.63, 3.8) is 0 Å². The zero-order valence-corrected chi connectivity index (χ0v) is 36.1. The number of methoxy groups -OCH3 is 4. The number of hydrogen-bond donors (Lipinski definition) is 1. The van der Waals surface area contributed by atoms with Crippen LogP contribution in [0.3, 0.4) is 0 Å². The number of aromatic amines is 1. The molecule has 0 amide bonds. The number of benzene rings is 1. The van der Waals surface area contributed by atoms with Gasteiger partial charge in [0.05, 0.1) is 26.4 Å². The fourth-order valence-corrected chi connectivity index (χ4v) is 13.7. The average Bonchev–Trinajstić information content (AvgIpc) is 3.88. The summed E-state index contributed by atoms with van der Waals surface area (Å²) in [6, 6.07) is 5.67. The van der Waals surface area contributed by atoms with Gasteiger partial charge < -0.3 is 33.6 Å². The number of aromatic nitrogens is 1. The SMILES string of the molecule is CCC1=C[C@H]2CN(C1)Cc1c([nH]c3ccc(C)cc13)[C@@](C(=O)OC)(C1C=C3C(=CC1OC)N(C)[C@@H]1[C@]34CCN3CC=C[C@@](CC)([C@@H](OC(C)=O)[C@]1(OC)C(=O)OC)[C@H]34)C2. The molecule has 1 spiro atoms. The number of aryl methyl sites for hydroxylation is 1. The molecule has 316 valence electrons. The van der Waals surface area contributed by atoms with E-state index < -0.39 is 58.0 Å². The summed E-state index contributed by atoms with van der Waals surface area (Å²) >= 11 is 0. The van der Waals surface area contributed by atoms with Crippen LogP contribution in [0.25, 0.3) is 10.9 Å². The minimum absolute atomic E-state index is 0.0790. The molecular formula is C47H60N4O8. The first kappa shape index (κ1) is 40.2. The lowest BCUT2D eigenvalue weighted by molar-refractivity contribution is -0.250. The molecular weight excluding hydrogens is 749 g/mol. The van der Waals surface area contributed by atoms with Gasteiger partial charge in [-0.05, 0) is 74.4 Å². The summed E-state index contributed by atoms with van der Waals surface area (Å²) in [5.41, 5.74) is 3.06. The lowest BCUT2D eigenvalue weighted by Gasteiger charge is -2.64. The molecule has 1 aromatic carbocycles. The lowest BCUT2D eigenvalue weighted by atomic mass is 9.47. The van der Waals surface area contributed by atoms with Gasteiger partial charge in [0.1, 0.15) is 5.41 Å². The number of likely N-dealkylation sites (N-methyl/N-ethyl adjacent to an activating group) is 1. The summed E-state index contributed by atoms with van der Waals surface area (Å²) in [6.07, 6.45) is 12.4. The molecule has 2 bridgehead atoms. The highest BCUT2D eigenvalue weighted by Gasteiger charge is 2.82. The molecule has 1 aromatic heterocycles. The molecule has 1 N–H and O–H groups in total. The molecule has 9 rings (SSSR count). The van der Waals surface area contributed by atoms with Crippen molar-refractivity contribution in [2.24, 2.45) is 22.7 Å². The Labute approximate surface area is 347 Å². The topological polar surface area (TPSA) is 123 Å². The number of carbonyl (C=O) groups excluding carboxylic acids is 3. The summed E-state index contributed by atoms with van der Waals surface area (Å²) in [6.45, 7) is 11.7. The maximum atomic E-state index is 15.3. The average molecular weight is 809 g/mol. The molecule has 11 atom stereocenters. The van der Waals surface area contributed by atoms with Crippen LogP contribution in [0, 0.1) is 29.6 Å². The minimum atomic E-state index is -1.72. The Bertz CT molecular complexity index is 2220. The molecule has 2 saturated heterocycles. The van der Waals surface area contributed by atoms with Gasteiger partial charge in [0.15, 0.2) is 6.10 Å². The van der Waals surface area contributed by atoms with Crippen LogP contribution in [0.4, 0.5) is 0 Å². The highest BCUT2D eigenvalue weighted by atomic mass is 16.6. The molecule has 1 saturated carbocycles. The van der Waals surface area contributed by atoms with Gasteiger partial charge in [-0.3, -0.25) is 19.4 Å². The first-order chi connectivity index (χ1) is 28.3. The van der Waals surface area contributed by atoms with E-state index in [2.05, 4.69) is 89.0 Å². The van der Waals surface area contributed by atoms with Crippen molar-refractivity contribution < 1.29 is 38.1 Å². The van der Waals surface area contributed by atoms with E-state index in [9.17, 15) is 9.59 Å². The van der Waals surface area contributed by atoms with Gasteiger partial charge in [-0.15, -0.1) is 0 Å². The molecule has 12 nitrogen and oxygen atoms in total. The maximum Gasteiger partial charge on any atom is 0.344 e. The number of rotatable bonds is 8. The smallest absolute Gasteiger partial charge is 0.344 e. The number of carbonyl (C=O) groups is 3. The zero-order valence-electron chi connectivity index (χ0n) is 36.1. The lowest BCUT2D eigenvalue weighted by Crippen LogP contribution is -2.80. The number of H-pyrrole nitrogens is 1. The first-order valence-electron chi connectivity index (χ1n) is 21.4. The summed E-state index contributed by atoms with van der Waals surface area (Å²) < 4.78 is 31.2. The molecule has 3 unspecified atom stereocenters. The predicted octanol–water partition coefficient (Wildman–Crippen LogP) is 5.36. The normalized spacial score (nSPS) is 38.2. The third kappa shape index (κ3) is 5.18. The van der Waals surface area contributed by atoms with Crippen LogP contribution in [0.2, 0.25) is 0 Å². The van der Waals surface area contributed by atoms with Crippen LogP contribution in [0.1, 0.15) is 63.3 Å². The van der Waals surface area contributed by atoms with Crippen molar-refractivity contribution in [1.29, 1.82) is 0 Å². The second-order valence-electron chi connectivity index (χ2n) is 18.2. The van der Waals surface area contributed by atoms with E-state index in [-0.39, 0.29) is 17.9 Å². The Morgan fingerprint density at radius 3 is 2.44 bits per heavy atom. The molecule has 6 heterocycles. The van der Waals surface area contributed by atoms with Crippen molar-refractivity contribution in [3.8, 4) is 0 Å². The number of esters is 3. The van der Waals surface area contributed by atoms with E-state index >= 15 is 4.79 Å². The Balaban J connectivity index is 1.35. The molecule has 5 aliphatic heterocycles. The van der Waals surface area contributed by atoms with Crippen molar-refractivity contribution >= 4 is 28.8 Å². The Morgan fingerprint density at radius 1 is 0.983 bits per heavy atom. The summed E-state index contributed by atoms with van der Waals surface area (Å²) in [5, 5.41) is 1.12. The van der Waals surface area contributed by atoms with Crippen LogP contribution in [0.15, 0.2) is 65.4 Å². The first-order valence-corrected chi connectivity index (χ1v) is 21.4. The standard InChI is InChI=1S/C47H60N4O8/c1-10-29-20-30-23-46(42(53)56-7,38-32(26-50(24-29)25-30)31-19-27(3)13-14-35(31)48-38)34-21-33-36(22-37(34)55-6)49(5)40-45(33)16-18-51-17-12-15-44(11-2,39(45)51)41(59-28(4)52)47(40,58-9)43(54)57-8/h12-15,19-22,30,34,37,39-41,48H,10-11,16-18,23-26H2,1-9H3/t30-,34?,37?,39+,40-,41-,44-,45-,46+,47+/m1/s1. The fourth-order valence-electron chi connectivity index (χ4n) is 13.7. The number of fused-ring (bicyclic) bond motifs is 6. The van der Waals surface area contributed by atoms with Crippen LogP contribution >= 0.6 is 0 Å². The van der Waals surface area contributed by atoms with E-state index in [1.165, 1.54) is 33.8 Å². The third-order valence-electron chi connectivity index (χ3n) is 15.7. The van der Waals surface area contributed by atoms with Gasteiger partial charge in [-0.25, -0.2) is 4.79 Å². The molecule has 0 radical (unpaired) electrons. The Morgan fingerprint density at radius 2 is 1.76 bits per heavy atom. The van der Waals surface area contributed by atoms with Gasteiger partial charge in [-0.1, -0.05) is 55.4 Å². The largest absolute Gasteiger partial charge is 0.468 e. The van der Waals surface area contributed by atoms with Gasteiger partial charge in [0.2, 0.25) is 5.60 Å². The second-order valence-corrected chi connectivity index (χ2v) is 18.2. The number of nitrogens with one attached hydrogen (secondary N) is 1. The van der Waals surface area contributed by atoms with Crippen molar-refractivity contribution in [2.75, 3.05) is 61.7 Å². The molecule has 7 aliphatic rings. The van der Waals surface area contributed by atoms with Crippen LogP contribution in [-0.4, -0.2) is 129 Å². The van der Waals surface area contributed by atoms with Crippen LogP contribution in [-0.2, 0) is 50.0 Å². The molecule has 2 aromatic rings. The number of likely N-dealkylation sites (tertiary alicyclic amines) is 1. The van der Waals surface area contributed by atoms with Crippen LogP contribution < -0.4 is 0 Å². The molecule has 3 fully saturated rings. The summed E-state index contributed by atoms with van der Waals surface area (Å²) in [7, 11) is 8.13. The molecule has 12 heteroatoms. The molecule has 2 aliphatic carbocycles. The Kier molecular flexibility index (Phi) is 9.66. The van der Waals surface area contributed by atoms with Crippen molar-refractivity contribution in [1.82, 2.24) is 19.7 Å². The minimum Gasteiger partial charge on any atom is -0.468 e. The van der Waals surface area contributed by atoms with Gasteiger partial charge in [-0.2, -0.15) is 0 Å².